The number of amides is 1. The largest absolute Gasteiger partial charge is 0.370 e. The highest BCUT2D eigenvalue weighted by Crippen LogP contribution is 2.38. The average molecular weight is 313 g/mol. The summed E-state index contributed by atoms with van der Waals surface area (Å²) < 4.78 is 0. The molecule has 0 bridgehead atoms. The number of hydrogen-bond acceptors (Lipinski definition) is 3. The molecule has 3 heterocycles. The van der Waals surface area contributed by atoms with Gasteiger partial charge in [0.25, 0.3) is 0 Å². The minimum absolute atomic E-state index is 0.243. The molecule has 3 aliphatic heterocycles. The zero-order valence-corrected chi connectivity index (χ0v) is 13.8. The van der Waals surface area contributed by atoms with Gasteiger partial charge in [-0.15, -0.1) is 0 Å². The van der Waals surface area contributed by atoms with Crippen molar-refractivity contribution in [3.05, 3.63) is 30.3 Å². The first kappa shape index (κ1) is 15.0. The van der Waals surface area contributed by atoms with Crippen LogP contribution in [0.5, 0.6) is 0 Å². The van der Waals surface area contributed by atoms with E-state index >= 15 is 0 Å². The van der Waals surface area contributed by atoms with E-state index < -0.39 is 0 Å². The van der Waals surface area contributed by atoms with E-state index in [4.69, 9.17) is 0 Å². The zero-order valence-electron chi connectivity index (χ0n) is 13.8. The van der Waals surface area contributed by atoms with Crippen LogP contribution in [0, 0.1) is 5.41 Å². The summed E-state index contributed by atoms with van der Waals surface area (Å²) in [4.78, 5) is 16.6. The van der Waals surface area contributed by atoms with Crippen molar-refractivity contribution in [1.82, 2.24) is 10.2 Å². The lowest BCUT2D eigenvalue weighted by molar-refractivity contribution is -0.125. The van der Waals surface area contributed by atoms with E-state index in [1.54, 1.807) is 0 Å². The SMILES string of the molecule is O=C1CCC2(CCN([C@H]3CCN(c4ccccc4)C3)CC2)CN1. The zero-order chi connectivity index (χ0) is 15.7. The van der Waals surface area contributed by atoms with E-state index in [-0.39, 0.29) is 5.91 Å². The Labute approximate surface area is 138 Å². The molecule has 0 radical (unpaired) electrons. The molecule has 3 saturated heterocycles. The van der Waals surface area contributed by atoms with Crippen molar-refractivity contribution in [3.8, 4) is 0 Å². The summed E-state index contributed by atoms with van der Waals surface area (Å²) in [7, 11) is 0. The van der Waals surface area contributed by atoms with Gasteiger partial charge in [0.05, 0.1) is 0 Å². The van der Waals surface area contributed by atoms with E-state index in [1.165, 1.54) is 44.6 Å². The van der Waals surface area contributed by atoms with Crippen molar-refractivity contribution in [2.75, 3.05) is 37.6 Å². The van der Waals surface area contributed by atoms with Crippen LogP contribution < -0.4 is 10.2 Å². The minimum Gasteiger partial charge on any atom is -0.370 e. The molecule has 1 amide bonds. The molecule has 0 aliphatic carbocycles. The predicted molar refractivity (Wildman–Crippen MR) is 92.5 cm³/mol. The van der Waals surface area contributed by atoms with E-state index in [0.717, 1.165) is 25.9 Å². The van der Waals surface area contributed by atoms with Crippen LogP contribution in [0.1, 0.15) is 32.1 Å². The first-order valence-corrected chi connectivity index (χ1v) is 9.05. The number of nitrogens with zero attached hydrogens (tertiary/aromatic N) is 2. The third-order valence-corrected chi connectivity index (χ3v) is 6.20. The van der Waals surface area contributed by atoms with E-state index in [2.05, 4.69) is 45.4 Å². The normalized spacial score (nSPS) is 28.1. The highest BCUT2D eigenvalue weighted by molar-refractivity contribution is 5.76. The quantitative estimate of drug-likeness (QED) is 0.910. The molecule has 4 nitrogen and oxygen atoms in total. The summed E-state index contributed by atoms with van der Waals surface area (Å²) in [6.07, 6.45) is 5.58. The maximum Gasteiger partial charge on any atom is 0.220 e. The molecular weight excluding hydrogens is 286 g/mol. The number of nitrogens with one attached hydrogen (secondary N) is 1. The van der Waals surface area contributed by atoms with Gasteiger partial charge in [0.1, 0.15) is 0 Å². The van der Waals surface area contributed by atoms with Crippen molar-refractivity contribution < 1.29 is 4.79 Å². The second-order valence-electron chi connectivity index (χ2n) is 7.54. The molecule has 3 fully saturated rings. The molecule has 23 heavy (non-hydrogen) atoms. The lowest BCUT2D eigenvalue weighted by Crippen LogP contribution is -2.52. The molecule has 1 spiro atoms. The van der Waals surface area contributed by atoms with Crippen LogP contribution in [0.3, 0.4) is 0 Å². The summed E-state index contributed by atoms with van der Waals surface area (Å²) in [6.45, 7) is 5.63. The van der Waals surface area contributed by atoms with Gasteiger partial charge in [-0.25, -0.2) is 0 Å². The standard InChI is InChI=1S/C19H27N3O/c23-18-6-8-19(15-20-18)9-12-21(13-10-19)17-7-11-22(14-17)16-4-2-1-3-5-16/h1-5,17H,6-15H2,(H,20,23)/t17-/m0/s1. The van der Waals surface area contributed by atoms with Crippen molar-refractivity contribution in [1.29, 1.82) is 0 Å². The number of benzene rings is 1. The summed E-state index contributed by atoms with van der Waals surface area (Å²) >= 11 is 0. The minimum atomic E-state index is 0.243. The Hall–Kier alpha value is -1.55. The highest BCUT2D eigenvalue weighted by Gasteiger charge is 2.40. The molecule has 3 aliphatic rings. The molecule has 4 heteroatoms. The molecular formula is C19H27N3O. The number of piperidine rings is 2. The Balaban J connectivity index is 1.32. The van der Waals surface area contributed by atoms with Gasteiger partial charge >= 0.3 is 0 Å². The average Bonchev–Trinajstić information content (AvgIpc) is 3.09. The van der Waals surface area contributed by atoms with Gasteiger partial charge in [0.15, 0.2) is 0 Å². The van der Waals surface area contributed by atoms with Crippen LogP contribution >= 0.6 is 0 Å². The number of carbonyl (C=O) groups excluding carboxylic acids is 1. The van der Waals surface area contributed by atoms with E-state index in [9.17, 15) is 4.79 Å². The van der Waals surface area contributed by atoms with Crippen molar-refractivity contribution in [2.24, 2.45) is 5.41 Å². The van der Waals surface area contributed by atoms with Crippen LogP contribution in [0.25, 0.3) is 0 Å². The van der Waals surface area contributed by atoms with E-state index in [1.807, 2.05) is 0 Å². The van der Waals surface area contributed by atoms with Crippen LogP contribution in [0.4, 0.5) is 5.69 Å². The summed E-state index contributed by atoms with van der Waals surface area (Å²) in [5, 5.41) is 3.09. The van der Waals surface area contributed by atoms with E-state index in [0.29, 0.717) is 11.5 Å². The molecule has 0 saturated carbocycles. The number of carbonyl (C=O) groups is 1. The number of rotatable bonds is 2. The Kier molecular flexibility index (Phi) is 4.02. The Morgan fingerprint density at radius 1 is 1.04 bits per heavy atom. The Bertz CT molecular complexity index is 539. The second kappa shape index (κ2) is 6.16. The molecule has 1 N–H and O–H groups in total. The van der Waals surface area contributed by atoms with Gasteiger partial charge < -0.3 is 10.2 Å². The second-order valence-corrected chi connectivity index (χ2v) is 7.54. The van der Waals surface area contributed by atoms with Crippen LogP contribution in [0.15, 0.2) is 30.3 Å². The monoisotopic (exact) mass is 313 g/mol. The fraction of sp³-hybridized carbons (Fsp3) is 0.632. The maximum absolute atomic E-state index is 11.4. The van der Waals surface area contributed by atoms with Gasteiger partial charge in [0.2, 0.25) is 5.91 Å². The predicted octanol–water partition coefficient (Wildman–Crippen LogP) is 2.26. The third-order valence-electron chi connectivity index (χ3n) is 6.20. The Morgan fingerprint density at radius 3 is 2.52 bits per heavy atom. The highest BCUT2D eigenvalue weighted by atomic mass is 16.1. The Morgan fingerprint density at radius 2 is 1.83 bits per heavy atom. The molecule has 124 valence electrons. The van der Waals surface area contributed by atoms with Gasteiger partial charge in [-0.05, 0) is 56.3 Å². The fourth-order valence-electron chi connectivity index (χ4n) is 4.55. The molecule has 1 aromatic rings. The smallest absolute Gasteiger partial charge is 0.220 e. The number of hydrogen-bond donors (Lipinski definition) is 1. The van der Waals surface area contributed by atoms with Crippen molar-refractivity contribution >= 4 is 11.6 Å². The third kappa shape index (κ3) is 3.09. The first-order chi connectivity index (χ1) is 11.2. The topological polar surface area (TPSA) is 35.6 Å². The first-order valence-electron chi connectivity index (χ1n) is 9.05. The summed E-state index contributed by atoms with van der Waals surface area (Å²) in [5.41, 5.74) is 1.75. The van der Waals surface area contributed by atoms with Gasteiger partial charge in [-0.2, -0.15) is 0 Å². The fourth-order valence-corrected chi connectivity index (χ4v) is 4.55. The van der Waals surface area contributed by atoms with Gasteiger partial charge in [-0.3, -0.25) is 9.69 Å². The number of para-hydroxylation sites is 1. The maximum atomic E-state index is 11.4. The van der Waals surface area contributed by atoms with Gasteiger partial charge in [-0.1, -0.05) is 18.2 Å². The summed E-state index contributed by atoms with van der Waals surface area (Å²) in [5.74, 6) is 0.243. The molecule has 0 aromatic heterocycles. The molecule has 1 atom stereocenters. The lowest BCUT2D eigenvalue weighted by Gasteiger charge is -2.45. The lowest BCUT2D eigenvalue weighted by atomic mass is 9.73. The van der Waals surface area contributed by atoms with Crippen LogP contribution in [0.2, 0.25) is 0 Å². The van der Waals surface area contributed by atoms with Crippen molar-refractivity contribution in [3.63, 3.8) is 0 Å². The number of likely N-dealkylation sites (tertiary alicyclic amines) is 1. The van der Waals surface area contributed by atoms with Crippen molar-refractivity contribution in [2.45, 2.75) is 38.1 Å². The number of anilines is 1. The molecule has 4 rings (SSSR count). The van der Waals surface area contributed by atoms with Crippen LogP contribution in [-0.4, -0.2) is 49.6 Å². The molecule has 1 aromatic carbocycles. The molecule has 0 unspecified atom stereocenters. The summed E-state index contributed by atoms with van der Waals surface area (Å²) in [6, 6.07) is 11.5. The van der Waals surface area contributed by atoms with Crippen LogP contribution in [-0.2, 0) is 4.79 Å². The van der Waals surface area contributed by atoms with Gasteiger partial charge in [0, 0.05) is 37.8 Å².